The van der Waals surface area contributed by atoms with Crippen molar-refractivity contribution in [1.29, 1.82) is 0 Å². The van der Waals surface area contributed by atoms with E-state index in [-0.39, 0.29) is 23.0 Å². The molecule has 0 aliphatic carbocycles. The molecule has 3 rings (SSSR count). The van der Waals surface area contributed by atoms with Crippen LogP contribution in [0, 0.1) is 10.1 Å². The summed E-state index contributed by atoms with van der Waals surface area (Å²) in [6, 6.07) is 7.18. The molecule has 1 saturated heterocycles. The molecule has 2 heterocycles. The van der Waals surface area contributed by atoms with Gasteiger partial charge in [0.25, 0.3) is 5.69 Å². The highest BCUT2D eigenvalue weighted by Gasteiger charge is 2.23. The van der Waals surface area contributed by atoms with Crippen LogP contribution in [0.15, 0.2) is 30.3 Å². The smallest absolute Gasteiger partial charge is 0.340 e. The monoisotopic (exact) mass is 411 g/mol. The lowest BCUT2D eigenvalue weighted by atomic mass is 10.1. The number of morpholine rings is 1. The average molecular weight is 412 g/mol. The SMILES string of the molecule is O=C(OCc1nc(Cl)ccc1Cl)c1cc([N+](=O)[O-])ccc1N1CCOCC1. The number of nitrogens with zero attached hydrogens (tertiary/aromatic N) is 3. The molecule has 10 heteroatoms. The van der Waals surface area contributed by atoms with Crippen LogP contribution in [-0.4, -0.2) is 42.2 Å². The van der Waals surface area contributed by atoms with Gasteiger partial charge in [-0.2, -0.15) is 0 Å². The van der Waals surface area contributed by atoms with Crippen molar-refractivity contribution in [3.05, 3.63) is 61.9 Å². The fourth-order valence-corrected chi connectivity index (χ4v) is 2.98. The first-order valence-corrected chi connectivity index (χ1v) is 8.80. The molecule has 1 aliphatic heterocycles. The van der Waals surface area contributed by atoms with Gasteiger partial charge in [-0.15, -0.1) is 0 Å². The molecular weight excluding hydrogens is 397 g/mol. The van der Waals surface area contributed by atoms with E-state index in [0.717, 1.165) is 0 Å². The van der Waals surface area contributed by atoms with E-state index in [1.165, 1.54) is 18.2 Å². The highest BCUT2D eigenvalue weighted by Crippen LogP contribution is 2.28. The predicted octanol–water partition coefficient (Wildman–Crippen LogP) is 3.49. The molecule has 8 nitrogen and oxygen atoms in total. The van der Waals surface area contributed by atoms with Gasteiger partial charge in [-0.1, -0.05) is 23.2 Å². The Morgan fingerprint density at radius 2 is 2.00 bits per heavy atom. The Balaban J connectivity index is 1.85. The van der Waals surface area contributed by atoms with Gasteiger partial charge >= 0.3 is 5.97 Å². The Labute approximate surface area is 164 Å². The minimum Gasteiger partial charge on any atom is -0.455 e. The quantitative estimate of drug-likeness (QED) is 0.321. The summed E-state index contributed by atoms with van der Waals surface area (Å²) >= 11 is 11.8. The maximum absolute atomic E-state index is 12.6. The number of pyridine rings is 1. The number of halogens is 2. The molecule has 0 bridgehead atoms. The number of hydrogen-bond donors (Lipinski definition) is 0. The molecule has 1 fully saturated rings. The molecule has 0 radical (unpaired) electrons. The standard InChI is InChI=1S/C17H15Cl2N3O5/c18-13-2-4-16(19)20-14(13)10-27-17(23)12-9-11(22(24)25)1-3-15(12)21-5-7-26-8-6-21/h1-4,9H,5-8,10H2. The Morgan fingerprint density at radius 1 is 1.26 bits per heavy atom. The first-order valence-electron chi connectivity index (χ1n) is 8.05. The van der Waals surface area contributed by atoms with Crippen molar-refractivity contribution < 1.29 is 19.2 Å². The van der Waals surface area contributed by atoms with Crippen LogP contribution in [0.25, 0.3) is 0 Å². The third kappa shape index (κ3) is 4.65. The van der Waals surface area contributed by atoms with E-state index in [4.69, 9.17) is 32.7 Å². The van der Waals surface area contributed by atoms with Crippen molar-refractivity contribution in [2.24, 2.45) is 0 Å². The first-order chi connectivity index (χ1) is 13.0. The van der Waals surface area contributed by atoms with Gasteiger partial charge in [-0.25, -0.2) is 9.78 Å². The lowest BCUT2D eigenvalue weighted by Crippen LogP contribution is -2.37. The van der Waals surface area contributed by atoms with E-state index in [9.17, 15) is 14.9 Å². The Morgan fingerprint density at radius 3 is 2.70 bits per heavy atom. The van der Waals surface area contributed by atoms with Crippen LogP contribution in [0.5, 0.6) is 0 Å². The number of non-ortho nitro benzene ring substituents is 1. The summed E-state index contributed by atoms with van der Waals surface area (Å²) in [4.78, 5) is 29.1. The van der Waals surface area contributed by atoms with E-state index < -0.39 is 10.9 Å². The molecule has 1 aliphatic rings. The second kappa shape index (κ2) is 8.51. The zero-order valence-electron chi connectivity index (χ0n) is 14.1. The summed E-state index contributed by atoms with van der Waals surface area (Å²) in [5.74, 6) is -0.710. The number of ether oxygens (including phenoxy) is 2. The molecule has 27 heavy (non-hydrogen) atoms. The second-order valence-electron chi connectivity index (χ2n) is 5.70. The van der Waals surface area contributed by atoms with Crippen LogP contribution in [0.2, 0.25) is 10.2 Å². The zero-order valence-corrected chi connectivity index (χ0v) is 15.6. The van der Waals surface area contributed by atoms with Crippen molar-refractivity contribution in [2.45, 2.75) is 6.61 Å². The van der Waals surface area contributed by atoms with Crippen LogP contribution in [-0.2, 0) is 16.1 Å². The summed E-state index contributed by atoms with van der Waals surface area (Å²) in [6.07, 6.45) is 0. The number of nitro groups is 1. The van der Waals surface area contributed by atoms with E-state index in [0.29, 0.717) is 42.7 Å². The number of aromatic nitrogens is 1. The van der Waals surface area contributed by atoms with E-state index in [2.05, 4.69) is 4.98 Å². The van der Waals surface area contributed by atoms with Crippen molar-refractivity contribution >= 4 is 40.5 Å². The highest BCUT2D eigenvalue weighted by molar-refractivity contribution is 6.32. The topological polar surface area (TPSA) is 94.8 Å². The molecule has 2 aromatic rings. The summed E-state index contributed by atoms with van der Waals surface area (Å²) in [5.41, 5.74) is 0.761. The minimum absolute atomic E-state index is 0.101. The highest BCUT2D eigenvalue weighted by atomic mass is 35.5. The molecule has 0 atom stereocenters. The summed E-state index contributed by atoms with van der Waals surface area (Å²) < 4.78 is 10.6. The molecule has 142 valence electrons. The molecule has 0 amide bonds. The summed E-state index contributed by atoms with van der Waals surface area (Å²) in [7, 11) is 0. The maximum atomic E-state index is 12.6. The molecule has 0 saturated carbocycles. The van der Waals surface area contributed by atoms with Crippen molar-refractivity contribution in [2.75, 3.05) is 31.2 Å². The number of carbonyl (C=O) groups is 1. The van der Waals surface area contributed by atoms with E-state index in [1.807, 2.05) is 4.90 Å². The fourth-order valence-electron chi connectivity index (χ4n) is 2.65. The van der Waals surface area contributed by atoms with Crippen LogP contribution < -0.4 is 4.90 Å². The Kier molecular flexibility index (Phi) is 6.10. The molecular formula is C17H15Cl2N3O5. The van der Waals surface area contributed by atoms with Gasteiger partial charge in [-0.05, 0) is 18.2 Å². The molecule has 1 aromatic heterocycles. The van der Waals surface area contributed by atoms with Gasteiger partial charge in [0.2, 0.25) is 0 Å². The average Bonchev–Trinajstić information content (AvgIpc) is 2.68. The third-order valence-corrected chi connectivity index (χ3v) is 4.54. The number of esters is 1. The van der Waals surface area contributed by atoms with E-state index >= 15 is 0 Å². The largest absolute Gasteiger partial charge is 0.455 e. The minimum atomic E-state index is -0.710. The Bertz CT molecular complexity index is 872. The van der Waals surface area contributed by atoms with Gasteiger partial charge < -0.3 is 14.4 Å². The fraction of sp³-hybridized carbons (Fsp3) is 0.294. The number of anilines is 1. The first kappa shape index (κ1) is 19.3. The van der Waals surface area contributed by atoms with Crippen molar-refractivity contribution in [1.82, 2.24) is 4.98 Å². The summed E-state index contributed by atoms with van der Waals surface area (Å²) in [5, 5.41) is 11.6. The third-order valence-electron chi connectivity index (χ3n) is 3.99. The van der Waals surface area contributed by atoms with Gasteiger partial charge in [0.05, 0.1) is 40.1 Å². The number of hydrogen-bond acceptors (Lipinski definition) is 7. The van der Waals surface area contributed by atoms with Crippen LogP contribution in [0.4, 0.5) is 11.4 Å². The van der Waals surface area contributed by atoms with Crippen molar-refractivity contribution in [3.63, 3.8) is 0 Å². The van der Waals surface area contributed by atoms with E-state index in [1.54, 1.807) is 12.1 Å². The number of carbonyl (C=O) groups excluding carboxylic acids is 1. The van der Waals surface area contributed by atoms with Crippen LogP contribution in [0.3, 0.4) is 0 Å². The van der Waals surface area contributed by atoms with Crippen LogP contribution in [0.1, 0.15) is 16.1 Å². The normalized spacial score (nSPS) is 14.1. The molecule has 0 N–H and O–H groups in total. The lowest BCUT2D eigenvalue weighted by Gasteiger charge is -2.30. The number of benzene rings is 1. The molecule has 1 aromatic carbocycles. The zero-order chi connectivity index (χ0) is 19.4. The predicted molar refractivity (Wildman–Crippen MR) is 99.5 cm³/mol. The summed E-state index contributed by atoms with van der Waals surface area (Å²) in [6.45, 7) is 1.95. The van der Waals surface area contributed by atoms with Crippen molar-refractivity contribution in [3.8, 4) is 0 Å². The van der Waals surface area contributed by atoms with Gasteiger partial charge in [-0.3, -0.25) is 10.1 Å². The lowest BCUT2D eigenvalue weighted by molar-refractivity contribution is -0.384. The molecule has 0 unspecified atom stereocenters. The number of nitro benzene ring substituents is 1. The Hall–Kier alpha value is -2.42. The maximum Gasteiger partial charge on any atom is 0.340 e. The van der Waals surface area contributed by atoms with Gasteiger partial charge in [0.1, 0.15) is 11.8 Å². The molecule has 0 spiro atoms. The van der Waals surface area contributed by atoms with Crippen LogP contribution >= 0.6 is 23.2 Å². The van der Waals surface area contributed by atoms with Gasteiger partial charge in [0.15, 0.2) is 0 Å². The second-order valence-corrected chi connectivity index (χ2v) is 6.49. The number of rotatable bonds is 5. The van der Waals surface area contributed by atoms with Gasteiger partial charge in [0, 0.05) is 25.2 Å².